The van der Waals surface area contributed by atoms with Crippen LogP contribution in [0, 0.1) is 6.92 Å². The number of amides is 1. The van der Waals surface area contributed by atoms with Gasteiger partial charge in [-0.15, -0.1) is 0 Å². The van der Waals surface area contributed by atoms with Gasteiger partial charge in [-0.1, -0.05) is 11.6 Å². The summed E-state index contributed by atoms with van der Waals surface area (Å²) in [4.78, 5) is 22.9. The van der Waals surface area contributed by atoms with Crippen molar-refractivity contribution >= 4 is 17.6 Å². The highest BCUT2D eigenvalue weighted by atomic mass is 16.5. The Balaban J connectivity index is 2.50. The topological polar surface area (TPSA) is 81.4 Å². The van der Waals surface area contributed by atoms with Gasteiger partial charge in [0, 0.05) is 12.2 Å². The van der Waals surface area contributed by atoms with E-state index in [9.17, 15) is 9.59 Å². The molecule has 0 aliphatic carbocycles. The minimum atomic E-state index is -0.324. The maximum absolute atomic E-state index is 11.8. The minimum Gasteiger partial charge on any atom is -0.466 e. The molecule has 0 atom stereocenters. The second kappa shape index (κ2) is 6.64. The summed E-state index contributed by atoms with van der Waals surface area (Å²) in [5, 5.41) is 2.64. The van der Waals surface area contributed by atoms with Gasteiger partial charge in [0.15, 0.2) is 0 Å². The average molecular weight is 250 g/mol. The molecule has 0 radical (unpaired) electrons. The standard InChI is InChI=1S/C13H18N2O3/c1-3-18-12(16)6-7-15-13(17)10-8-9(2)4-5-11(10)14/h4-5,8H,3,6-7,14H2,1-2H3,(H,15,17). The molecule has 0 aromatic heterocycles. The first-order chi connectivity index (χ1) is 8.54. The molecule has 0 heterocycles. The number of hydrogen-bond acceptors (Lipinski definition) is 4. The first-order valence-electron chi connectivity index (χ1n) is 5.84. The maximum Gasteiger partial charge on any atom is 0.307 e. The number of carbonyl (C=O) groups is 2. The molecule has 0 spiro atoms. The highest BCUT2D eigenvalue weighted by molar-refractivity contribution is 5.99. The van der Waals surface area contributed by atoms with Gasteiger partial charge < -0.3 is 15.8 Å². The van der Waals surface area contributed by atoms with E-state index in [1.807, 2.05) is 13.0 Å². The smallest absolute Gasteiger partial charge is 0.307 e. The van der Waals surface area contributed by atoms with Crippen molar-refractivity contribution in [2.45, 2.75) is 20.3 Å². The third-order valence-electron chi connectivity index (χ3n) is 2.37. The van der Waals surface area contributed by atoms with E-state index < -0.39 is 0 Å². The van der Waals surface area contributed by atoms with E-state index in [1.165, 1.54) is 0 Å². The van der Waals surface area contributed by atoms with Gasteiger partial charge in [0.05, 0.1) is 18.6 Å². The van der Waals surface area contributed by atoms with Crippen LogP contribution in [0.5, 0.6) is 0 Å². The number of hydrogen-bond donors (Lipinski definition) is 2. The third-order valence-corrected chi connectivity index (χ3v) is 2.37. The van der Waals surface area contributed by atoms with Crippen LogP contribution in [0.25, 0.3) is 0 Å². The van der Waals surface area contributed by atoms with Crippen molar-refractivity contribution in [3.8, 4) is 0 Å². The van der Waals surface area contributed by atoms with Gasteiger partial charge in [0.2, 0.25) is 0 Å². The normalized spacial score (nSPS) is 9.89. The number of benzene rings is 1. The quantitative estimate of drug-likeness (QED) is 0.609. The average Bonchev–Trinajstić information content (AvgIpc) is 2.32. The van der Waals surface area contributed by atoms with Crippen LogP contribution >= 0.6 is 0 Å². The molecule has 0 saturated carbocycles. The van der Waals surface area contributed by atoms with Crippen LogP contribution in [0.4, 0.5) is 5.69 Å². The van der Waals surface area contributed by atoms with E-state index in [2.05, 4.69) is 5.32 Å². The van der Waals surface area contributed by atoms with Crippen LogP contribution in [-0.2, 0) is 9.53 Å². The first kappa shape index (κ1) is 14.0. The summed E-state index contributed by atoms with van der Waals surface area (Å²) >= 11 is 0. The second-order valence-corrected chi connectivity index (χ2v) is 3.90. The van der Waals surface area contributed by atoms with Crippen molar-refractivity contribution in [1.82, 2.24) is 5.32 Å². The van der Waals surface area contributed by atoms with Crippen molar-refractivity contribution in [2.24, 2.45) is 0 Å². The number of ether oxygens (including phenoxy) is 1. The zero-order valence-electron chi connectivity index (χ0n) is 10.7. The van der Waals surface area contributed by atoms with Crippen molar-refractivity contribution < 1.29 is 14.3 Å². The molecule has 0 saturated heterocycles. The van der Waals surface area contributed by atoms with Gasteiger partial charge in [0.25, 0.3) is 5.91 Å². The molecular formula is C13H18N2O3. The number of aryl methyl sites for hydroxylation is 1. The summed E-state index contributed by atoms with van der Waals surface area (Å²) in [5.41, 5.74) is 7.53. The highest BCUT2D eigenvalue weighted by Crippen LogP contribution is 2.13. The van der Waals surface area contributed by atoms with E-state index >= 15 is 0 Å². The minimum absolute atomic E-state index is 0.158. The molecule has 1 rings (SSSR count). The fourth-order valence-electron chi connectivity index (χ4n) is 1.47. The Bertz CT molecular complexity index is 444. The summed E-state index contributed by atoms with van der Waals surface area (Å²) in [6.07, 6.45) is 0.158. The lowest BCUT2D eigenvalue weighted by molar-refractivity contribution is -0.142. The van der Waals surface area contributed by atoms with Gasteiger partial charge in [-0.2, -0.15) is 0 Å². The lowest BCUT2D eigenvalue weighted by Crippen LogP contribution is -2.27. The number of rotatable bonds is 5. The van der Waals surface area contributed by atoms with E-state index in [0.29, 0.717) is 17.9 Å². The van der Waals surface area contributed by atoms with Gasteiger partial charge in [-0.3, -0.25) is 9.59 Å². The summed E-state index contributed by atoms with van der Waals surface area (Å²) in [6, 6.07) is 5.25. The third kappa shape index (κ3) is 4.08. The Morgan fingerprint density at radius 3 is 2.78 bits per heavy atom. The molecule has 18 heavy (non-hydrogen) atoms. The van der Waals surface area contributed by atoms with Gasteiger partial charge in [-0.25, -0.2) is 0 Å². The zero-order valence-corrected chi connectivity index (χ0v) is 10.7. The van der Waals surface area contributed by atoms with Crippen LogP contribution < -0.4 is 11.1 Å². The molecule has 0 aliphatic heterocycles. The molecule has 3 N–H and O–H groups in total. The first-order valence-corrected chi connectivity index (χ1v) is 5.84. The molecule has 5 nitrogen and oxygen atoms in total. The monoisotopic (exact) mass is 250 g/mol. The molecule has 0 fully saturated rings. The summed E-state index contributed by atoms with van der Waals surface area (Å²) < 4.78 is 4.76. The number of carbonyl (C=O) groups excluding carboxylic acids is 2. The molecule has 1 amide bonds. The molecule has 0 unspecified atom stereocenters. The lowest BCUT2D eigenvalue weighted by Gasteiger charge is -2.08. The van der Waals surface area contributed by atoms with Crippen LogP contribution in [0.2, 0.25) is 0 Å². The number of nitrogens with two attached hydrogens (primary N) is 1. The van der Waals surface area contributed by atoms with Crippen molar-refractivity contribution in [3.63, 3.8) is 0 Å². The largest absolute Gasteiger partial charge is 0.466 e. The number of esters is 1. The lowest BCUT2D eigenvalue weighted by atomic mass is 10.1. The number of nitrogen functional groups attached to an aromatic ring is 1. The van der Waals surface area contributed by atoms with Crippen molar-refractivity contribution in [1.29, 1.82) is 0 Å². The molecule has 1 aromatic rings. The van der Waals surface area contributed by atoms with Gasteiger partial charge in [-0.05, 0) is 26.0 Å². The molecule has 5 heteroatoms. The summed E-state index contributed by atoms with van der Waals surface area (Å²) in [6.45, 7) is 4.21. The predicted molar refractivity (Wildman–Crippen MR) is 69.2 cm³/mol. The number of anilines is 1. The Hall–Kier alpha value is -2.04. The van der Waals surface area contributed by atoms with E-state index in [0.717, 1.165) is 5.56 Å². The molecular weight excluding hydrogens is 232 g/mol. The predicted octanol–water partition coefficient (Wildman–Crippen LogP) is 1.26. The van der Waals surface area contributed by atoms with Crippen LogP contribution in [0.3, 0.4) is 0 Å². The van der Waals surface area contributed by atoms with Crippen molar-refractivity contribution in [3.05, 3.63) is 29.3 Å². The molecule has 0 aliphatic rings. The number of nitrogens with one attached hydrogen (secondary N) is 1. The molecule has 1 aromatic carbocycles. The SMILES string of the molecule is CCOC(=O)CCNC(=O)c1cc(C)ccc1N. The van der Waals surface area contributed by atoms with Crippen molar-refractivity contribution in [2.75, 3.05) is 18.9 Å². The Morgan fingerprint density at radius 1 is 1.39 bits per heavy atom. The van der Waals surface area contributed by atoms with Crippen LogP contribution in [0.15, 0.2) is 18.2 Å². The molecule has 0 bridgehead atoms. The van der Waals surface area contributed by atoms with Gasteiger partial charge in [0.1, 0.15) is 0 Å². The fourth-order valence-corrected chi connectivity index (χ4v) is 1.47. The van der Waals surface area contributed by atoms with E-state index in [4.69, 9.17) is 10.5 Å². The second-order valence-electron chi connectivity index (χ2n) is 3.90. The Kier molecular flexibility index (Phi) is 5.17. The Morgan fingerprint density at radius 2 is 2.11 bits per heavy atom. The summed E-state index contributed by atoms with van der Waals surface area (Å²) in [7, 11) is 0. The van der Waals surface area contributed by atoms with E-state index in [-0.39, 0.29) is 24.8 Å². The highest BCUT2D eigenvalue weighted by Gasteiger charge is 2.10. The zero-order chi connectivity index (χ0) is 13.5. The summed E-state index contributed by atoms with van der Waals surface area (Å²) in [5.74, 6) is -0.601. The molecule has 98 valence electrons. The van der Waals surface area contributed by atoms with E-state index in [1.54, 1.807) is 19.1 Å². The Labute approximate surface area is 106 Å². The van der Waals surface area contributed by atoms with Crippen LogP contribution in [0.1, 0.15) is 29.3 Å². The van der Waals surface area contributed by atoms with Crippen LogP contribution in [-0.4, -0.2) is 25.0 Å². The van der Waals surface area contributed by atoms with Gasteiger partial charge >= 0.3 is 5.97 Å². The maximum atomic E-state index is 11.8. The fraction of sp³-hybridized carbons (Fsp3) is 0.385.